The second-order valence-electron chi connectivity index (χ2n) is 6.67. The van der Waals surface area contributed by atoms with Crippen LogP contribution in [0, 0.1) is 0 Å². The Bertz CT molecular complexity index is 1010. The van der Waals surface area contributed by atoms with E-state index >= 15 is 0 Å². The van der Waals surface area contributed by atoms with E-state index in [0.717, 1.165) is 28.6 Å². The van der Waals surface area contributed by atoms with Gasteiger partial charge in [-0.25, -0.2) is 0 Å². The van der Waals surface area contributed by atoms with Crippen LogP contribution in [0.3, 0.4) is 0 Å². The summed E-state index contributed by atoms with van der Waals surface area (Å²) in [5, 5.41) is 4.87. The molecule has 1 fully saturated rings. The van der Waals surface area contributed by atoms with Gasteiger partial charge in [-0.15, -0.1) is 0 Å². The number of carbonyl (C=O) groups is 4. The minimum atomic E-state index is -0.507. The van der Waals surface area contributed by atoms with E-state index in [0.29, 0.717) is 16.9 Å². The van der Waals surface area contributed by atoms with Crippen molar-refractivity contribution in [1.82, 2.24) is 4.90 Å². The fourth-order valence-electron chi connectivity index (χ4n) is 2.82. The van der Waals surface area contributed by atoms with E-state index in [9.17, 15) is 19.2 Å². The van der Waals surface area contributed by atoms with Crippen molar-refractivity contribution in [1.29, 1.82) is 0 Å². The van der Waals surface area contributed by atoms with Crippen molar-refractivity contribution in [2.75, 3.05) is 17.2 Å². The van der Waals surface area contributed by atoms with Gasteiger partial charge in [-0.3, -0.25) is 24.1 Å². The molecule has 8 heteroatoms. The SMILES string of the molecule is CCc1ccc(NC(=O)CN2C(=O)S/C(=C\c3ccc(NC(C)=O)cc3)C2=O)cc1. The number of amides is 4. The molecule has 0 atom stereocenters. The van der Waals surface area contributed by atoms with Crippen LogP contribution in [0.4, 0.5) is 16.2 Å². The number of hydrogen-bond donors (Lipinski definition) is 2. The van der Waals surface area contributed by atoms with Crippen molar-refractivity contribution in [3.05, 3.63) is 64.6 Å². The summed E-state index contributed by atoms with van der Waals surface area (Å²) in [5.74, 6) is -1.13. The maximum Gasteiger partial charge on any atom is 0.294 e. The molecule has 2 aromatic rings. The van der Waals surface area contributed by atoms with Gasteiger partial charge in [-0.2, -0.15) is 0 Å². The Morgan fingerprint density at radius 2 is 1.57 bits per heavy atom. The lowest BCUT2D eigenvalue weighted by Crippen LogP contribution is -2.36. The van der Waals surface area contributed by atoms with Crippen LogP contribution >= 0.6 is 11.8 Å². The second-order valence-corrected chi connectivity index (χ2v) is 7.66. The first-order valence-corrected chi connectivity index (χ1v) is 10.2. The molecule has 3 rings (SSSR count). The molecule has 0 spiro atoms. The Kier molecular flexibility index (Phi) is 6.68. The molecule has 0 unspecified atom stereocenters. The summed E-state index contributed by atoms with van der Waals surface area (Å²) < 4.78 is 0. The van der Waals surface area contributed by atoms with Gasteiger partial charge in [0.1, 0.15) is 6.54 Å². The van der Waals surface area contributed by atoms with Gasteiger partial charge < -0.3 is 10.6 Å². The van der Waals surface area contributed by atoms with E-state index < -0.39 is 17.1 Å². The number of thioether (sulfide) groups is 1. The number of rotatable bonds is 6. The third-order valence-corrected chi connectivity index (χ3v) is 5.26. The Hall–Kier alpha value is -3.39. The predicted octanol–water partition coefficient (Wildman–Crippen LogP) is 3.88. The van der Waals surface area contributed by atoms with Gasteiger partial charge in [0.25, 0.3) is 11.1 Å². The molecule has 1 aliphatic rings. The average molecular weight is 423 g/mol. The summed E-state index contributed by atoms with van der Waals surface area (Å²) in [7, 11) is 0. The van der Waals surface area contributed by atoms with Crippen molar-refractivity contribution >= 4 is 52.2 Å². The van der Waals surface area contributed by atoms with Crippen LogP contribution in [-0.2, 0) is 20.8 Å². The van der Waals surface area contributed by atoms with Crippen molar-refractivity contribution in [2.45, 2.75) is 20.3 Å². The van der Waals surface area contributed by atoms with Gasteiger partial charge in [-0.05, 0) is 59.7 Å². The van der Waals surface area contributed by atoms with Crippen molar-refractivity contribution < 1.29 is 19.2 Å². The zero-order valence-corrected chi connectivity index (χ0v) is 17.4. The van der Waals surface area contributed by atoms with Crippen molar-refractivity contribution in [2.24, 2.45) is 0 Å². The van der Waals surface area contributed by atoms with E-state index in [1.165, 1.54) is 6.92 Å². The molecule has 0 radical (unpaired) electrons. The molecule has 4 amide bonds. The highest BCUT2D eigenvalue weighted by atomic mass is 32.2. The maximum atomic E-state index is 12.6. The molecule has 1 heterocycles. The maximum absolute atomic E-state index is 12.6. The molecule has 2 N–H and O–H groups in total. The Morgan fingerprint density at radius 1 is 0.967 bits per heavy atom. The molecule has 0 bridgehead atoms. The van der Waals surface area contributed by atoms with Crippen LogP contribution in [0.5, 0.6) is 0 Å². The van der Waals surface area contributed by atoms with Crippen LogP contribution in [0.2, 0.25) is 0 Å². The van der Waals surface area contributed by atoms with E-state index in [4.69, 9.17) is 0 Å². The third-order valence-electron chi connectivity index (χ3n) is 4.35. The molecule has 7 nitrogen and oxygen atoms in total. The van der Waals surface area contributed by atoms with Gasteiger partial charge in [0.2, 0.25) is 11.8 Å². The van der Waals surface area contributed by atoms with E-state index in [1.807, 2.05) is 19.1 Å². The summed E-state index contributed by atoms with van der Waals surface area (Å²) >= 11 is 0.793. The fraction of sp³-hybridized carbons (Fsp3) is 0.182. The van der Waals surface area contributed by atoms with Crippen molar-refractivity contribution in [3.63, 3.8) is 0 Å². The minimum absolute atomic E-state index is 0.177. The van der Waals surface area contributed by atoms with Crippen LogP contribution in [0.15, 0.2) is 53.4 Å². The van der Waals surface area contributed by atoms with Crippen LogP contribution in [-0.4, -0.2) is 34.4 Å². The number of nitrogens with one attached hydrogen (secondary N) is 2. The summed E-state index contributed by atoms with van der Waals surface area (Å²) in [4.78, 5) is 49.3. The van der Waals surface area contributed by atoms with Gasteiger partial charge in [-0.1, -0.05) is 31.2 Å². The molecular weight excluding hydrogens is 402 g/mol. The van der Waals surface area contributed by atoms with Gasteiger partial charge >= 0.3 is 0 Å². The number of nitrogens with zero attached hydrogens (tertiary/aromatic N) is 1. The Labute approximate surface area is 178 Å². The molecule has 2 aromatic carbocycles. The summed E-state index contributed by atoms with van der Waals surface area (Å²) in [5.41, 5.74) is 3.10. The van der Waals surface area contributed by atoms with E-state index in [-0.39, 0.29) is 17.4 Å². The standard InChI is InChI=1S/C22H21N3O4S/c1-3-15-4-8-18(9-5-15)24-20(27)13-25-21(28)19(30-22(25)29)12-16-6-10-17(11-7-16)23-14(2)26/h4-12H,3,13H2,1-2H3,(H,23,26)(H,24,27)/b19-12-. The summed E-state index contributed by atoms with van der Waals surface area (Å²) in [6, 6.07) is 14.3. The summed E-state index contributed by atoms with van der Waals surface area (Å²) in [6.07, 6.45) is 2.48. The molecule has 1 aliphatic heterocycles. The number of hydrogen-bond acceptors (Lipinski definition) is 5. The number of aryl methyl sites for hydroxylation is 1. The van der Waals surface area contributed by atoms with Gasteiger partial charge in [0, 0.05) is 18.3 Å². The normalized spacial score (nSPS) is 14.9. The molecule has 1 saturated heterocycles. The second kappa shape index (κ2) is 9.41. The number of benzene rings is 2. The highest BCUT2D eigenvalue weighted by molar-refractivity contribution is 8.18. The van der Waals surface area contributed by atoms with Crippen molar-refractivity contribution in [3.8, 4) is 0 Å². The average Bonchev–Trinajstić information content (AvgIpc) is 2.97. The minimum Gasteiger partial charge on any atom is -0.326 e. The fourth-order valence-corrected chi connectivity index (χ4v) is 3.66. The Balaban J connectivity index is 1.64. The first-order valence-electron chi connectivity index (χ1n) is 9.37. The molecule has 154 valence electrons. The topological polar surface area (TPSA) is 95.6 Å². The van der Waals surface area contributed by atoms with Gasteiger partial charge in [0.15, 0.2) is 0 Å². The zero-order valence-electron chi connectivity index (χ0n) is 16.6. The number of carbonyl (C=O) groups excluding carboxylic acids is 4. The van der Waals surface area contributed by atoms with E-state index in [1.54, 1.807) is 42.5 Å². The summed E-state index contributed by atoms with van der Waals surface area (Å²) in [6.45, 7) is 3.11. The number of imide groups is 1. The lowest BCUT2D eigenvalue weighted by atomic mass is 10.1. The Morgan fingerprint density at radius 3 is 2.17 bits per heavy atom. The molecular formula is C22H21N3O4S. The van der Waals surface area contributed by atoms with Crippen LogP contribution < -0.4 is 10.6 Å². The molecule has 0 saturated carbocycles. The largest absolute Gasteiger partial charge is 0.326 e. The highest BCUT2D eigenvalue weighted by Gasteiger charge is 2.36. The molecule has 0 aromatic heterocycles. The lowest BCUT2D eigenvalue weighted by molar-refractivity contribution is -0.127. The zero-order chi connectivity index (χ0) is 21.7. The third kappa shape index (κ3) is 5.36. The predicted molar refractivity (Wildman–Crippen MR) is 118 cm³/mol. The molecule has 0 aliphatic carbocycles. The molecule has 30 heavy (non-hydrogen) atoms. The van der Waals surface area contributed by atoms with Crippen LogP contribution in [0.1, 0.15) is 25.0 Å². The first-order chi connectivity index (χ1) is 14.4. The van der Waals surface area contributed by atoms with Crippen LogP contribution in [0.25, 0.3) is 6.08 Å². The van der Waals surface area contributed by atoms with Gasteiger partial charge in [0.05, 0.1) is 4.91 Å². The quantitative estimate of drug-likeness (QED) is 0.688. The van der Waals surface area contributed by atoms with E-state index in [2.05, 4.69) is 10.6 Å². The highest BCUT2D eigenvalue weighted by Crippen LogP contribution is 2.32. The first kappa shape index (κ1) is 21.3. The smallest absolute Gasteiger partial charge is 0.294 e. The number of anilines is 2. The monoisotopic (exact) mass is 423 g/mol. The lowest BCUT2D eigenvalue weighted by Gasteiger charge is -2.12.